The SMILES string of the molecule is COC(=O)c1ccc(Cl)c(Nc2cncc(C(=O)N3CCCC3)c2)c1. The van der Waals surface area contributed by atoms with Crippen LogP contribution in [0.1, 0.15) is 33.6 Å². The number of benzene rings is 1. The van der Waals surface area contributed by atoms with E-state index in [4.69, 9.17) is 16.3 Å². The van der Waals surface area contributed by atoms with Crippen molar-refractivity contribution in [3.8, 4) is 0 Å². The summed E-state index contributed by atoms with van der Waals surface area (Å²) >= 11 is 6.19. The van der Waals surface area contributed by atoms with Crippen molar-refractivity contribution in [2.24, 2.45) is 0 Å². The van der Waals surface area contributed by atoms with Gasteiger partial charge < -0.3 is 15.0 Å². The Labute approximate surface area is 150 Å². The van der Waals surface area contributed by atoms with E-state index < -0.39 is 5.97 Å². The predicted molar refractivity (Wildman–Crippen MR) is 95.4 cm³/mol. The summed E-state index contributed by atoms with van der Waals surface area (Å²) in [6, 6.07) is 6.53. The standard InChI is InChI=1S/C18H18ClN3O3/c1-25-18(24)12-4-5-15(19)16(9-12)21-14-8-13(10-20-11-14)17(23)22-6-2-3-7-22/h4-5,8-11,21H,2-3,6-7H2,1H3. The number of carbonyl (C=O) groups is 2. The summed E-state index contributed by atoms with van der Waals surface area (Å²) in [5.41, 5.74) is 2.06. The molecule has 1 aromatic heterocycles. The minimum absolute atomic E-state index is 0.0249. The molecule has 1 N–H and O–H groups in total. The summed E-state index contributed by atoms with van der Waals surface area (Å²) in [6.45, 7) is 1.56. The Bertz CT molecular complexity index is 804. The molecule has 7 heteroatoms. The van der Waals surface area contributed by atoms with Crippen molar-refractivity contribution in [2.45, 2.75) is 12.8 Å². The topological polar surface area (TPSA) is 71.5 Å². The number of aromatic nitrogens is 1. The van der Waals surface area contributed by atoms with Gasteiger partial charge in [-0.3, -0.25) is 9.78 Å². The lowest BCUT2D eigenvalue weighted by Crippen LogP contribution is -2.27. The zero-order chi connectivity index (χ0) is 17.8. The number of hydrogen-bond acceptors (Lipinski definition) is 5. The Morgan fingerprint density at radius 1 is 1.16 bits per heavy atom. The van der Waals surface area contributed by atoms with E-state index in [1.807, 2.05) is 4.90 Å². The number of amides is 1. The lowest BCUT2D eigenvalue weighted by molar-refractivity contribution is 0.0600. The number of nitrogens with one attached hydrogen (secondary N) is 1. The van der Waals surface area contributed by atoms with Crippen molar-refractivity contribution in [3.05, 3.63) is 52.8 Å². The second-order valence-electron chi connectivity index (χ2n) is 5.77. The second kappa shape index (κ2) is 7.53. The summed E-state index contributed by atoms with van der Waals surface area (Å²) in [7, 11) is 1.32. The number of hydrogen-bond donors (Lipinski definition) is 1. The van der Waals surface area contributed by atoms with E-state index in [-0.39, 0.29) is 5.91 Å². The number of nitrogens with zero attached hydrogens (tertiary/aromatic N) is 2. The van der Waals surface area contributed by atoms with Gasteiger partial charge in [-0.25, -0.2) is 4.79 Å². The first kappa shape index (κ1) is 17.2. The monoisotopic (exact) mass is 359 g/mol. The van der Waals surface area contributed by atoms with Gasteiger partial charge in [-0.05, 0) is 37.1 Å². The van der Waals surface area contributed by atoms with Crippen LogP contribution in [0.25, 0.3) is 0 Å². The number of rotatable bonds is 4. The van der Waals surface area contributed by atoms with Crippen LogP contribution in [0.3, 0.4) is 0 Å². The van der Waals surface area contributed by atoms with E-state index in [2.05, 4.69) is 10.3 Å². The Morgan fingerprint density at radius 3 is 2.64 bits per heavy atom. The number of anilines is 2. The first-order valence-corrected chi connectivity index (χ1v) is 8.35. The van der Waals surface area contributed by atoms with Crippen molar-refractivity contribution in [2.75, 3.05) is 25.5 Å². The molecule has 2 heterocycles. The molecule has 25 heavy (non-hydrogen) atoms. The first-order valence-electron chi connectivity index (χ1n) is 7.97. The number of carbonyl (C=O) groups excluding carboxylic acids is 2. The third-order valence-electron chi connectivity index (χ3n) is 4.04. The van der Waals surface area contributed by atoms with Crippen LogP contribution in [0, 0.1) is 0 Å². The third-order valence-corrected chi connectivity index (χ3v) is 4.37. The summed E-state index contributed by atoms with van der Waals surface area (Å²) in [6.07, 6.45) is 5.22. The lowest BCUT2D eigenvalue weighted by atomic mass is 10.2. The molecule has 2 aromatic rings. The van der Waals surface area contributed by atoms with Gasteiger partial charge in [0, 0.05) is 19.3 Å². The van der Waals surface area contributed by atoms with Gasteiger partial charge in [0.1, 0.15) is 0 Å². The summed E-state index contributed by atoms with van der Waals surface area (Å²) in [5, 5.41) is 3.55. The normalized spacial score (nSPS) is 13.6. The van der Waals surface area contributed by atoms with Crippen molar-refractivity contribution in [1.29, 1.82) is 0 Å². The third kappa shape index (κ3) is 3.91. The molecule has 1 aliphatic heterocycles. The molecule has 1 aromatic carbocycles. The maximum Gasteiger partial charge on any atom is 0.337 e. The predicted octanol–water partition coefficient (Wildman–Crippen LogP) is 3.50. The van der Waals surface area contributed by atoms with Gasteiger partial charge >= 0.3 is 5.97 Å². The van der Waals surface area contributed by atoms with E-state index >= 15 is 0 Å². The summed E-state index contributed by atoms with van der Waals surface area (Å²) < 4.78 is 4.72. The largest absolute Gasteiger partial charge is 0.465 e. The van der Waals surface area contributed by atoms with Crippen LogP contribution >= 0.6 is 11.6 Å². The van der Waals surface area contributed by atoms with Crippen LogP contribution in [0.4, 0.5) is 11.4 Å². The number of halogens is 1. The fourth-order valence-electron chi connectivity index (χ4n) is 2.75. The highest BCUT2D eigenvalue weighted by Gasteiger charge is 2.20. The number of methoxy groups -OCH3 is 1. The average Bonchev–Trinajstić information content (AvgIpc) is 3.17. The molecule has 0 bridgehead atoms. The Balaban J connectivity index is 1.82. The highest BCUT2D eigenvalue weighted by Crippen LogP contribution is 2.27. The molecule has 0 aliphatic carbocycles. The van der Waals surface area contributed by atoms with Crippen LogP contribution in [0.2, 0.25) is 5.02 Å². The molecule has 3 rings (SSSR count). The molecule has 130 valence electrons. The zero-order valence-corrected chi connectivity index (χ0v) is 14.5. The van der Waals surface area contributed by atoms with E-state index in [9.17, 15) is 9.59 Å². The molecular weight excluding hydrogens is 342 g/mol. The second-order valence-corrected chi connectivity index (χ2v) is 6.18. The quantitative estimate of drug-likeness (QED) is 0.846. The van der Waals surface area contributed by atoms with E-state index in [1.54, 1.807) is 36.7 Å². The van der Waals surface area contributed by atoms with Crippen LogP contribution in [0.15, 0.2) is 36.7 Å². The molecule has 0 atom stereocenters. The molecule has 1 saturated heterocycles. The Hall–Kier alpha value is -2.60. The lowest BCUT2D eigenvalue weighted by Gasteiger charge is -2.16. The maximum absolute atomic E-state index is 12.5. The number of esters is 1. The van der Waals surface area contributed by atoms with Crippen molar-refractivity contribution in [1.82, 2.24) is 9.88 Å². The minimum Gasteiger partial charge on any atom is -0.465 e. The van der Waals surface area contributed by atoms with Gasteiger partial charge in [-0.15, -0.1) is 0 Å². The average molecular weight is 360 g/mol. The molecule has 0 spiro atoms. The molecule has 0 unspecified atom stereocenters. The highest BCUT2D eigenvalue weighted by atomic mass is 35.5. The van der Waals surface area contributed by atoms with Crippen molar-refractivity contribution in [3.63, 3.8) is 0 Å². The van der Waals surface area contributed by atoms with Gasteiger partial charge in [0.05, 0.1) is 40.8 Å². The van der Waals surface area contributed by atoms with Gasteiger partial charge in [0.15, 0.2) is 0 Å². The van der Waals surface area contributed by atoms with E-state index in [0.717, 1.165) is 25.9 Å². The molecule has 0 radical (unpaired) electrons. The van der Waals surface area contributed by atoms with E-state index in [1.165, 1.54) is 7.11 Å². The van der Waals surface area contributed by atoms with Gasteiger partial charge in [0.25, 0.3) is 5.91 Å². The number of likely N-dealkylation sites (tertiary alicyclic amines) is 1. The molecule has 0 saturated carbocycles. The summed E-state index contributed by atoms with van der Waals surface area (Å²) in [5.74, 6) is -0.473. The van der Waals surface area contributed by atoms with Crippen molar-refractivity contribution >= 4 is 34.9 Å². The van der Waals surface area contributed by atoms with Gasteiger partial charge in [-0.1, -0.05) is 11.6 Å². The molecule has 6 nitrogen and oxygen atoms in total. The first-order chi connectivity index (χ1) is 12.1. The van der Waals surface area contributed by atoms with Crippen LogP contribution in [0.5, 0.6) is 0 Å². The van der Waals surface area contributed by atoms with Crippen LogP contribution in [-0.2, 0) is 4.74 Å². The van der Waals surface area contributed by atoms with E-state index in [0.29, 0.717) is 27.5 Å². The fourth-order valence-corrected chi connectivity index (χ4v) is 2.91. The fraction of sp³-hybridized carbons (Fsp3) is 0.278. The van der Waals surface area contributed by atoms with Crippen molar-refractivity contribution < 1.29 is 14.3 Å². The molecule has 1 aliphatic rings. The maximum atomic E-state index is 12.5. The van der Waals surface area contributed by atoms with Gasteiger partial charge in [0.2, 0.25) is 0 Å². The Kier molecular flexibility index (Phi) is 5.19. The molecular formula is C18H18ClN3O3. The zero-order valence-electron chi connectivity index (χ0n) is 13.8. The number of ether oxygens (including phenoxy) is 1. The summed E-state index contributed by atoms with van der Waals surface area (Å²) in [4.78, 5) is 30.1. The highest BCUT2D eigenvalue weighted by molar-refractivity contribution is 6.33. The van der Waals surface area contributed by atoms with Crippen LogP contribution < -0.4 is 5.32 Å². The minimum atomic E-state index is -0.448. The molecule has 1 amide bonds. The Morgan fingerprint density at radius 2 is 1.92 bits per heavy atom. The molecule has 1 fully saturated rings. The van der Waals surface area contributed by atoms with Crippen LogP contribution in [-0.4, -0.2) is 42.0 Å². The smallest absolute Gasteiger partial charge is 0.337 e. The van der Waals surface area contributed by atoms with Gasteiger partial charge in [-0.2, -0.15) is 0 Å². The number of pyridine rings is 1.